The van der Waals surface area contributed by atoms with Gasteiger partial charge in [-0.15, -0.1) is 0 Å². The smallest absolute Gasteiger partial charge is 0.416 e. The first kappa shape index (κ1) is 14.9. The molecule has 0 saturated carbocycles. The molecule has 0 unspecified atom stereocenters. The third-order valence-electron chi connectivity index (χ3n) is 2.86. The second-order valence-corrected chi connectivity index (χ2v) is 6.24. The van der Waals surface area contributed by atoms with Crippen molar-refractivity contribution in [2.24, 2.45) is 0 Å². The van der Waals surface area contributed by atoms with Gasteiger partial charge in [0, 0.05) is 5.56 Å². The van der Waals surface area contributed by atoms with E-state index in [0.717, 1.165) is 24.3 Å². The fourth-order valence-corrected chi connectivity index (χ4v) is 2.89. The Kier molecular flexibility index (Phi) is 3.14. The predicted octanol–water partition coefficient (Wildman–Crippen LogP) is 3.11. The molecule has 1 aromatic carbocycles. The molecule has 0 bridgehead atoms. The summed E-state index contributed by atoms with van der Waals surface area (Å²) in [5.41, 5.74) is -2.34. The summed E-state index contributed by atoms with van der Waals surface area (Å²) in [7, 11) is -4.57. The molecule has 110 valence electrons. The van der Waals surface area contributed by atoms with Gasteiger partial charge in [0.15, 0.2) is 0 Å². The average molecular weight is 308 g/mol. The van der Waals surface area contributed by atoms with Gasteiger partial charge in [-0.2, -0.15) is 21.6 Å². The van der Waals surface area contributed by atoms with E-state index in [0.29, 0.717) is 0 Å². The largest absolute Gasteiger partial charge is 0.482 e. The molecule has 8 heteroatoms. The Morgan fingerprint density at radius 3 is 2.35 bits per heavy atom. The van der Waals surface area contributed by atoms with Crippen molar-refractivity contribution < 1.29 is 30.9 Å². The van der Waals surface area contributed by atoms with Gasteiger partial charge in [0.2, 0.25) is 0 Å². The summed E-state index contributed by atoms with van der Waals surface area (Å²) in [4.78, 5) is -0.489. The van der Waals surface area contributed by atoms with Crippen LogP contribution in [-0.2, 0) is 16.3 Å². The van der Waals surface area contributed by atoms with Crippen molar-refractivity contribution in [1.82, 2.24) is 0 Å². The van der Waals surface area contributed by atoms with Crippen LogP contribution in [-0.4, -0.2) is 18.6 Å². The van der Waals surface area contributed by atoms with E-state index in [1.54, 1.807) is 0 Å². The van der Waals surface area contributed by atoms with Crippen LogP contribution in [0.1, 0.15) is 25.0 Å². The summed E-state index contributed by atoms with van der Waals surface area (Å²) < 4.78 is 74.9. The summed E-state index contributed by atoms with van der Waals surface area (Å²) in [6.45, 7) is 2.79. The van der Waals surface area contributed by atoms with Crippen LogP contribution in [0.4, 0.5) is 13.2 Å². The Balaban J connectivity index is 2.64. The minimum Gasteiger partial charge on any atom is -0.482 e. The lowest BCUT2D eigenvalue weighted by Crippen LogP contribution is -2.36. The van der Waals surface area contributed by atoms with Gasteiger partial charge >= 0.3 is 6.18 Å². The molecule has 0 saturated heterocycles. The summed E-state index contributed by atoms with van der Waals surface area (Å²) >= 11 is 0. The lowest BCUT2D eigenvalue weighted by atomic mass is 10.0. The Bertz CT molecular complexity index is 687. The zero-order valence-electron chi connectivity index (χ0n) is 10.5. The third-order valence-corrected chi connectivity index (χ3v) is 4.03. The van der Waals surface area contributed by atoms with Gasteiger partial charge in [-0.25, -0.2) is 0 Å². The molecule has 0 aromatic heterocycles. The van der Waals surface area contributed by atoms with Crippen molar-refractivity contribution in [3.05, 3.63) is 34.2 Å². The summed E-state index contributed by atoms with van der Waals surface area (Å²) in [5, 5.41) is 0. The second kappa shape index (κ2) is 4.23. The number of ether oxygens (including phenoxy) is 1. The fraction of sp³-hybridized carbons (Fsp3) is 0.333. The van der Waals surface area contributed by atoms with Crippen LogP contribution in [0.3, 0.4) is 0 Å². The van der Waals surface area contributed by atoms with Crippen molar-refractivity contribution in [3.8, 4) is 5.75 Å². The predicted molar refractivity (Wildman–Crippen MR) is 65.7 cm³/mol. The van der Waals surface area contributed by atoms with Crippen molar-refractivity contribution in [3.63, 3.8) is 0 Å². The topological polar surface area (TPSA) is 63.6 Å². The van der Waals surface area contributed by atoms with Crippen LogP contribution in [0.15, 0.2) is 23.1 Å². The number of hydrogen-bond acceptors (Lipinski definition) is 3. The summed E-state index contributed by atoms with van der Waals surface area (Å²) in [6.07, 6.45) is -3.56. The number of hydrogen-bond donors (Lipinski definition) is 1. The first-order chi connectivity index (χ1) is 8.91. The average Bonchev–Trinajstić information content (AvgIpc) is 2.23. The van der Waals surface area contributed by atoms with E-state index in [2.05, 4.69) is 0 Å². The van der Waals surface area contributed by atoms with E-state index < -0.39 is 32.4 Å². The monoisotopic (exact) mass is 308 g/mol. The van der Waals surface area contributed by atoms with Crippen LogP contribution in [0.5, 0.6) is 5.75 Å². The molecule has 20 heavy (non-hydrogen) atoms. The van der Waals surface area contributed by atoms with Gasteiger partial charge in [0.05, 0.1) is 5.56 Å². The molecule has 1 N–H and O–H groups in total. The Morgan fingerprint density at radius 1 is 1.25 bits per heavy atom. The number of benzene rings is 1. The zero-order chi connectivity index (χ0) is 15.3. The normalized spacial score (nSPS) is 18.0. The molecule has 2 rings (SSSR count). The van der Waals surface area contributed by atoms with Crippen molar-refractivity contribution in [2.75, 3.05) is 0 Å². The molecule has 0 atom stereocenters. The van der Waals surface area contributed by atoms with E-state index in [4.69, 9.17) is 9.29 Å². The first-order valence-corrected chi connectivity index (χ1v) is 6.95. The highest BCUT2D eigenvalue weighted by Crippen LogP contribution is 2.40. The van der Waals surface area contributed by atoms with Gasteiger partial charge in [0.1, 0.15) is 16.3 Å². The molecular formula is C12H11F3O4S. The maximum absolute atomic E-state index is 12.6. The van der Waals surface area contributed by atoms with Crippen molar-refractivity contribution in [1.29, 1.82) is 0 Å². The molecular weight excluding hydrogens is 297 g/mol. The highest BCUT2D eigenvalue weighted by atomic mass is 32.2. The molecule has 0 amide bonds. The third kappa shape index (κ3) is 2.66. The van der Waals surface area contributed by atoms with Crippen LogP contribution in [0.2, 0.25) is 0 Å². The second-order valence-electron chi connectivity index (χ2n) is 4.85. The van der Waals surface area contributed by atoms with Crippen molar-refractivity contribution >= 4 is 16.2 Å². The van der Waals surface area contributed by atoms with Gasteiger partial charge in [0.25, 0.3) is 10.1 Å². The van der Waals surface area contributed by atoms with Gasteiger partial charge in [-0.05, 0) is 38.1 Å². The van der Waals surface area contributed by atoms with Gasteiger partial charge in [-0.3, -0.25) is 4.55 Å². The number of fused-ring (bicyclic) bond motifs is 1. The molecule has 0 spiro atoms. The lowest BCUT2D eigenvalue weighted by Gasteiger charge is -2.32. The molecule has 1 aromatic rings. The number of halogens is 3. The standard InChI is InChI=1S/C12H11F3O4S/c1-11(2)10(20(16,17)18)6-7-5-8(12(13,14)15)3-4-9(7)19-11/h3-6H,1-2H3,(H,16,17,18). The van der Waals surface area contributed by atoms with E-state index in [-0.39, 0.29) is 11.3 Å². The van der Waals surface area contributed by atoms with E-state index in [9.17, 15) is 21.6 Å². The van der Waals surface area contributed by atoms with E-state index >= 15 is 0 Å². The number of alkyl halides is 3. The fourth-order valence-electron chi connectivity index (χ4n) is 1.96. The quantitative estimate of drug-likeness (QED) is 0.810. The maximum atomic E-state index is 12.6. The minimum atomic E-state index is -4.57. The Labute approximate surface area is 113 Å². The molecule has 1 heterocycles. The van der Waals surface area contributed by atoms with Gasteiger partial charge in [-0.1, -0.05) is 0 Å². The number of rotatable bonds is 1. The molecule has 1 aliphatic rings. The van der Waals surface area contributed by atoms with E-state index in [1.165, 1.54) is 13.8 Å². The molecule has 0 aliphatic carbocycles. The minimum absolute atomic E-state index is 0.0493. The zero-order valence-corrected chi connectivity index (χ0v) is 11.3. The first-order valence-electron chi connectivity index (χ1n) is 5.51. The molecule has 0 radical (unpaired) electrons. The van der Waals surface area contributed by atoms with Crippen LogP contribution in [0, 0.1) is 0 Å². The summed E-state index contributed by atoms with van der Waals surface area (Å²) in [5.74, 6) is 0.121. The summed E-state index contributed by atoms with van der Waals surface area (Å²) in [6, 6.07) is 2.74. The van der Waals surface area contributed by atoms with Crippen LogP contribution in [0.25, 0.3) is 6.08 Å². The highest BCUT2D eigenvalue weighted by molar-refractivity contribution is 7.90. The Morgan fingerprint density at radius 2 is 1.85 bits per heavy atom. The highest BCUT2D eigenvalue weighted by Gasteiger charge is 2.39. The van der Waals surface area contributed by atoms with Crippen LogP contribution < -0.4 is 4.74 Å². The molecule has 1 aliphatic heterocycles. The van der Waals surface area contributed by atoms with E-state index in [1.807, 2.05) is 0 Å². The Hall–Kier alpha value is -1.54. The SMILES string of the molecule is CC1(C)Oc2ccc(C(F)(F)F)cc2C=C1S(=O)(=O)O. The molecule has 4 nitrogen and oxygen atoms in total. The van der Waals surface area contributed by atoms with Gasteiger partial charge < -0.3 is 4.74 Å². The maximum Gasteiger partial charge on any atom is 0.416 e. The van der Waals surface area contributed by atoms with Crippen molar-refractivity contribution in [2.45, 2.75) is 25.6 Å². The lowest BCUT2D eigenvalue weighted by molar-refractivity contribution is -0.137. The van der Waals surface area contributed by atoms with Crippen LogP contribution >= 0.6 is 0 Å². The molecule has 0 fully saturated rings.